The average molecular weight is 226 g/mol. The van der Waals surface area contributed by atoms with Crippen LogP contribution in [0.15, 0.2) is 0 Å². The van der Waals surface area contributed by atoms with Gasteiger partial charge in [0.05, 0.1) is 19.1 Å². The maximum Gasteiger partial charge on any atom is 0.229 e. The van der Waals surface area contributed by atoms with Gasteiger partial charge in [-0.2, -0.15) is 0 Å². The lowest BCUT2D eigenvalue weighted by Gasteiger charge is -2.36. The summed E-state index contributed by atoms with van der Waals surface area (Å²) in [4.78, 5) is 14.2. The summed E-state index contributed by atoms with van der Waals surface area (Å²) >= 11 is 0. The van der Waals surface area contributed by atoms with E-state index >= 15 is 0 Å². The third-order valence-electron chi connectivity index (χ3n) is 3.83. The number of hydrogen-bond donors (Lipinski definition) is 1. The summed E-state index contributed by atoms with van der Waals surface area (Å²) in [6, 6.07) is 0.690. The second-order valence-electron chi connectivity index (χ2n) is 4.84. The molecule has 16 heavy (non-hydrogen) atoms. The molecule has 1 aliphatic heterocycles. The number of ether oxygens (including phenoxy) is 1. The number of hydrogen-bond acceptors (Lipinski definition) is 3. The van der Waals surface area contributed by atoms with Crippen molar-refractivity contribution in [1.82, 2.24) is 10.2 Å². The Morgan fingerprint density at radius 3 is 2.75 bits per heavy atom. The molecule has 4 nitrogen and oxygen atoms in total. The summed E-state index contributed by atoms with van der Waals surface area (Å²) in [6.07, 6.45) is 3.60. The van der Waals surface area contributed by atoms with E-state index in [9.17, 15) is 4.79 Å². The number of carbonyl (C=O) groups is 1. The number of nitrogens with zero attached hydrogens (tertiary/aromatic N) is 1. The van der Waals surface area contributed by atoms with Gasteiger partial charge in [0, 0.05) is 19.1 Å². The first kappa shape index (κ1) is 11.9. The minimum atomic E-state index is 0.0190. The first-order valence-electron chi connectivity index (χ1n) is 6.31. The molecular formula is C12H22N2O2. The Morgan fingerprint density at radius 1 is 1.44 bits per heavy atom. The smallest absolute Gasteiger partial charge is 0.229 e. The summed E-state index contributed by atoms with van der Waals surface area (Å²) in [5.41, 5.74) is 0. The number of amides is 1. The lowest BCUT2D eigenvalue weighted by Crippen LogP contribution is -2.49. The number of rotatable bonds is 4. The maximum absolute atomic E-state index is 12.3. The molecule has 1 saturated heterocycles. The Kier molecular flexibility index (Phi) is 3.82. The van der Waals surface area contributed by atoms with Crippen LogP contribution in [0.2, 0.25) is 0 Å². The quantitative estimate of drug-likeness (QED) is 0.764. The van der Waals surface area contributed by atoms with E-state index < -0.39 is 0 Å². The highest BCUT2D eigenvalue weighted by molar-refractivity contribution is 5.80. The first-order valence-corrected chi connectivity index (χ1v) is 6.31. The zero-order valence-corrected chi connectivity index (χ0v) is 10.2. The predicted molar refractivity (Wildman–Crippen MR) is 62.2 cm³/mol. The molecule has 0 aromatic carbocycles. The van der Waals surface area contributed by atoms with E-state index in [1.54, 1.807) is 0 Å². The van der Waals surface area contributed by atoms with E-state index in [0.717, 1.165) is 6.54 Å². The Hall–Kier alpha value is -0.610. The minimum Gasteiger partial charge on any atom is -0.379 e. The summed E-state index contributed by atoms with van der Waals surface area (Å²) in [5, 5.41) is 3.33. The van der Waals surface area contributed by atoms with E-state index in [4.69, 9.17) is 4.74 Å². The van der Waals surface area contributed by atoms with E-state index in [1.807, 2.05) is 11.9 Å². The molecule has 0 bridgehead atoms. The van der Waals surface area contributed by atoms with Gasteiger partial charge in [0.1, 0.15) is 0 Å². The molecular weight excluding hydrogens is 204 g/mol. The molecule has 0 spiro atoms. The molecule has 2 atom stereocenters. The Morgan fingerprint density at radius 2 is 2.19 bits per heavy atom. The summed E-state index contributed by atoms with van der Waals surface area (Å²) in [5.74, 6) is 0.277. The molecule has 1 N–H and O–H groups in total. The summed E-state index contributed by atoms with van der Waals surface area (Å²) < 4.78 is 5.41. The van der Waals surface area contributed by atoms with E-state index in [2.05, 4.69) is 12.2 Å². The van der Waals surface area contributed by atoms with Gasteiger partial charge in [0.2, 0.25) is 5.91 Å². The zero-order valence-electron chi connectivity index (χ0n) is 10.2. The SMILES string of the molecule is CCNC1COCC1C(=O)N(C)C1CCC1. The van der Waals surface area contributed by atoms with Crippen LogP contribution in [0.4, 0.5) is 0 Å². The number of likely N-dealkylation sites (N-methyl/N-ethyl adjacent to an activating group) is 1. The number of carbonyl (C=O) groups excluding carboxylic acids is 1. The highest BCUT2D eigenvalue weighted by Crippen LogP contribution is 2.26. The zero-order chi connectivity index (χ0) is 11.5. The van der Waals surface area contributed by atoms with Crippen molar-refractivity contribution in [3.8, 4) is 0 Å². The highest BCUT2D eigenvalue weighted by Gasteiger charge is 2.37. The lowest BCUT2D eigenvalue weighted by molar-refractivity contribution is -0.138. The average Bonchev–Trinajstić information content (AvgIpc) is 2.62. The molecule has 2 rings (SSSR count). The maximum atomic E-state index is 12.3. The van der Waals surface area contributed by atoms with E-state index in [-0.39, 0.29) is 17.9 Å². The fraction of sp³-hybridized carbons (Fsp3) is 0.917. The Labute approximate surface area is 97.3 Å². The molecule has 2 unspecified atom stereocenters. The second-order valence-corrected chi connectivity index (χ2v) is 4.84. The van der Waals surface area contributed by atoms with Crippen LogP contribution in [0.5, 0.6) is 0 Å². The molecule has 0 radical (unpaired) electrons. The number of nitrogens with one attached hydrogen (secondary N) is 1. The minimum absolute atomic E-state index is 0.0190. The molecule has 1 amide bonds. The van der Waals surface area contributed by atoms with Crippen molar-refractivity contribution in [2.24, 2.45) is 5.92 Å². The van der Waals surface area contributed by atoms with Gasteiger partial charge >= 0.3 is 0 Å². The van der Waals surface area contributed by atoms with Gasteiger partial charge in [-0.3, -0.25) is 4.79 Å². The molecule has 0 aromatic heterocycles. The van der Waals surface area contributed by atoms with Crippen molar-refractivity contribution >= 4 is 5.91 Å². The molecule has 0 aromatic rings. The van der Waals surface area contributed by atoms with Crippen molar-refractivity contribution in [1.29, 1.82) is 0 Å². The highest BCUT2D eigenvalue weighted by atomic mass is 16.5. The normalized spacial score (nSPS) is 30.1. The van der Waals surface area contributed by atoms with Crippen LogP contribution >= 0.6 is 0 Å². The van der Waals surface area contributed by atoms with Crippen molar-refractivity contribution in [2.45, 2.75) is 38.3 Å². The van der Waals surface area contributed by atoms with Gasteiger partial charge in [0.15, 0.2) is 0 Å². The molecule has 2 fully saturated rings. The topological polar surface area (TPSA) is 41.6 Å². The standard InChI is InChI=1S/C12H22N2O2/c1-3-13-11-8-16-7-10(11)12(15)14(2)9-5-4-6-9/h9-11,13H,3-8H2,1-2H3. The van der Waals surface area contributed by atoms with Crippen LogP contribution in [0, 0.1) is 5.92 Å². The van der Waals surface area contributed by atoms with Crippen LogP contribution in [0.25, 0.3) is 0 Å². The first-order chi connectivity index (χ1) is 7.74. The molecule has 1 heterocycles. The van der Waals surface area contributed by atoms with Crippen molar-refractivity contribution < 1.29 is 9.53 Å². The predicted octanol–water partition coefficient (Wildman–Crippen LogP) is 0.622. The van der Waals surface area contributed by atoms with Gasteiger partial charge < -0.3 is 15.0 Å². The summed E-state index contributed by atoms with van der Waals surface area (Å²) in [7, 11) is 1.94. The van der Waals surface area contributed by atoms with Gasteiger partial charge in [-0.25, -0.2) is 0 Å². The monoisotopic (exact) mass is 226 g/mol. The Bertz CT molecular complexity index is 253. The largest absolute Gasteiger partial charge is 0.379 e. The Balaban J connectivity index is 1.91. The second kappa shape index (κ2) is 5.15. The van der Waals surface area contributed by atoms with Gasteiger partial charge in [-0.05, 0) is 25.8 Å². The van der Waals surface area contributed by atoms with Gasteiger partial charge in [0.25, 0.3) is 0 Å². The molecule has 4 heteroatoms. The van der Waals surface area contributed by atoms with Gasteiger partial charge in [-0.15, -0.1) is 0 Å². The fourth-order valence-corrected chi connectivity index (χ4v) is 2.48. The van der Waals surface area contributed by atoms with E-state index in [1.165, 1.54) is 19.3 Å². The third kappa shape index (κ3) is 2.23. The lowest BCUT2D eigenvalue weighted by atomic mass is 9.90. The van der Waals surface area contributed by atoms with Crippen LogP contribution in [-0.2, 0) is 9.53 Å². The van der Waals surface area contributed by atoms with Crippen LogP contribution in [0.3, 0.4) is 0 Å². The third-order valence-corrected chi connectivity index (χ3v) is 3.83. The van der Waals surface area contributed by atoms with Crippen molar-refractivity contribution in [3.05, 3.63) is 0 Å². The van der Waals surface area contributed by atoms with Crippen molar-refractivity contribution in [2.75, 3.05) is 26.8 Å². The molecule has 1 saturated carbocycles. The van der Waals surface area contributed by atoms with Crippen LogP contribution in [0.1, 0.15) is 26.2 Å². The van der Waals surface area contributed by atoms with Crippen molar-refractivity contribution in [3.63, 3.8) is 0 Å². The van der Waals surface area contributed by atoms with Crippen LogP contribution < -0.4 is 5.32 Å². The summed E-state index contributed by atoms with van der Waals surface area (Å²) in [6.45, 7) is 4.21. The molecule has 2 aliphatic rings. The molecule has 92 valence electrons. The van der Waals surface area contributed by atoms with Gasteiger partial charge in [-0.1, -0.05) is 6.92 Å². The van der Waals surface area contributed by atoms with Crippen LogP contribution in [-0.4, -0.2) is 49.7 Å². The molecule has 1 aliphatic carbocycles. The van der Waals surface area contributed by atoms with E-state index in [0.29, 0.717) is 19.3 Å². The fourth-order valence-electron chi connectivity index (χ4n) is 2.48.